The van der Waals surface area contributed by atoms with E-state index in [1.807, 2.05) is 0 Å². The number of anilines is 6. The molecular weight excluding hydrogens is 797 g/mol. The van der Waals surface area contributed by atoms with Crippen LogP contribution < -0.4 is 9.80 Å². The summed E-state index contributed by atoms with van der Waals surface area (Å²) in [6, 6.07) is 71.0. The molecule has 0 atom stereocenters. The Labute approximate surface area is 387 Å². The van der Waals surface area contributed by atoms with Gasteiger partial charge in [0.25, 0.3) is 0 Å². The van der Waals surface area contributed by atoms with Crippen molar-refractivity contribution in [2.45, 2.75) is 64.7 Å². The van der Waals surface area contributed by atoms with Gasteiger partial charge in [0, 0.05) is 27.5 Å². The Bertz CT molecular complexity index is 3790. The maximum atomic E-state index is 2.64. The van der Waals surface area contributed by atoms with Gasteiger partial charge in [-0.05, 0) is 168 Å². The van der Waals surface area contributed by atoms with Crippen LogP contribution in [0.3, 0.4) is 0 Å². The first-order valence-corrected chi connectivity index (χ1v) is 24.0. The van der Waals surface area contributed by atoms with Crippen LogP contribution in [0.15, 0.2) is 188 Å². The molecule has 0 N–H and O–H groups in total. The fourth-order valence-electron chi connectivity index (χ4n) is 12.0. The molecule has 0 radical (unpaired) electrons. The van der Waals surface area contributed by atoms with Gasteiger partial charge in [-0.3, -0.25) is 0 Å². The molecule has 2 aliphatic carbocycles. The Hall–Kier alpha value is -7.42. The van der Waals surface area contributed by atoms with Crippen molar-refractivity contribution < 1.29 is 0 Å². The van der Waals surface area contributed by atoms with E-state index in [1.165, 1.54) is 127 Å². The Morgan fingerprint density at radius 2 is 0.909 bits per heavy atom. The smallest absolute Gasteiger partial charge is 0.0543 e. The minimum atomic E-state index is -0.00748. The molecule has 0 bridgehead atoms. The number of nitrogens with zero attached hydrogens (tertiary/aromatic N) is 2. The van der Waals surface area contributed by atoms with Crippen LogP contribution in [0.25, 0.3) is 64.6 Å². The van der Waals surface area contributed by atoms with E-state index in [0.29, 0.717) is 5.92 Å². The van der Waals surface area contributed by atoms with E-state index in [4.69, 9.17) is 0 Å². The van der Waals surface area contributed by atoms with Crippen molar-refractivity contribution in [1.29, 1.82) is 0 Å². The number of aryl methyl sites for hydroxylation is 3. The average Bonchev–Trinajstić information content (AvgIpc) is 3.35. The SMILES string of the molecule is CC(C)c1cc(N(c2ccc3ccccc3c2)c2cccc3ccccc23)c2cc3c4c(cc(N(c5ccc6ccccc6c5)c5cccc6ccccc56)c5c4c2c1CC5)CCC3(C)C. The first kappa shape index (κ1) is 39.0. The number of rotatable bonds is 7. The van der Waals surface area contributed by atoms with Crippen LogP contribution in [0.1, 0.15) is 67.9 Å². The summed E-state index contributed by atoms with van der Waals surface area (Å²) in [6.45, 7) is 9.78. The topological polar surface area (TPSA) is 6.48 Å². The first-order chi connectivity index (χ1) is 32.3. The summed E-state index contributed by atoms with van der Waals surface area (Å²) >= 11 is 0. The minimum Gasteiger partial charge on any atom is -0.310 e. The Morgan fingerprint density at radius 3 is 1.50 bits per heavy atom. The zero-order valence-corrected chi connectivity index (χ0v) is 38.2. The van der Waals surface area contributed by atoms with Crippen LogP contribution in [-0.4, -0.2) is 0 Å². The average molecular weight is 849 g/mol. The molecule has 0 aliphatic heterocycles. The van der Waals surface area contributed by atoms with E-state index in [2.05, 4.69) is 226 Å². The van der Waals surface area contributed by atoms with Gasteiger partial charge in [-0.15, -0.1) is 0 Å². The van der Waals surface area contributed by atoms with Crippen LogP contribution in [0.2, 0.25) is 0 Å². The second-order valence-corrected chi connectivity index (χ2v) is 19.9. The minimum absolute atomic E-state index is 0.00748. The summed E-state index contributed by atoms with van der Waals surface area (Å²) < 4.78 is 0. The van der Waals surface area contributed by atoms with E-state index in [0.717, 1.165) is 25.7 Å². The highest BCUT2D eigenvalue weighted by Crippen LogP contribution is 2.56. The fourth-order valence-corrected chi connectivity index (χ4v) is 12.0. The molecule has 2 nitrogen and oxygen atoms in total. The number of hydrogen-bond donors (Lipinski definition) is 0. The van der Waals surface area contributed by atoms with Crippen molar-refractivity contribution in [1.82, 2.24) is 0 Å². The monoisotopic (exact) mass is 848 g/mol. The number of fused-ring (bicyclic) bond motifs is 4. The van der Waals surface area contributed by atoms with Crippen molar-refractivity contribution in [3.8, 4) is 0 Å². The third-order valence-electron chi connectivity index (χ3n) is 15.3. The third kappa shape index (κ3) is 5.94. The molecule has 0 unspecified atom stereocenters. The van der Waals surface area contributed by atoms with Crippen LogP contribution in [0.5, 0.6) is 0 Å². The molecule has 2 aliphatic rings. The maximum absolute atomic E-state index is 2.64. The molecular formula is C64H52N2. The van der Waals surface area contributed by atoms with E-state index in [-0.39, 0.29) is 5.41 Å². The normalized spacial score (nSPS) is 14.1. The largest absolute Gasteiger partial charge is 0.310 e. The molecule has 2 heteroatoms. The predicted octanol–water partition coefficient (Wildman–Crippen LogP) is 18.0. The highest BCUT2D eigenvalue weighted by Gasteiger charge is 2.36. The summed E-state index contributed by atoms with van der Waals surface area (Å²) in [6.07, 6.45) is 4.10. The number of hydrogen-bond acceptors (Lipinski definition) is 2. The van der Waals surface area contributed by atoms with Crippen LogP contribution in [0.4, 0.5) is 34.1 Å². The van der Waals surface area contributed by atoms with Crippen molar-refractivity contribution in [2.75, 3.05) is 9.80 Å². The van der Waals surface area contributed by atoms with Crippen molar-refractivity contribution in [2.24, 2.45) is 0 Å². The second kappa shape index (κ2) is 14.8. The van der Waals surface area contributed by atoms with Gasteiger partial charge in [0.2, 0.25) is 0 Å². The highest BCUT2D eigenvalue weighted by molar-refractivity contribution is 6.21. The molecule has 66 heavy (non-hydrogen) atoms. The van der Waals surface area contributed by atoms with Gasteiger partial charge >= 0.3 is 0 Å². The molecule has 11 aromatic rings. The maximum Gasteiger partial charge on any atom is 0.0543 e. The molecule has 11 aromatic carbocycles. The van der Waals surface area contributed by atoms with Gasteiger partial charge in [0.15, 0.2) is 0 Å². The van der Waals surface area contributed by atoms with Gasteiger partial charge in [-0.25, -0.2) is 0 Å². The van der Waals surface area contributed by atoms with E-state index >= 15 is 0 Å². The quantitative estimate of drug-likeness (QED) is 0.147. The molecule has 0 heterocycles. The molecule has 0 fully saturated rings. The Kier molecular flexibility index (Phi) is 8.75. The summed E-state index contributed by atoms with van der Waals surface area (Å²) in [7, 11) is 0. The molecule has 0 amide bonds. The fraction of sp³-hybridized carbons (Fsp3) is 0.156. The molecule has 0 aromatic heterocycles. The molecule has 318 valence electrons. The summed E-state index contributed by atoms with van der Waals surface area (Å²) in [5.74, 6) is 0.335. The molecule has 13 rings (SSSR count). The van der Waals surface area contributed by atoms with Crippen molar-refractivity contribution >= 4 is 98.8 Å². The lowest BCUT2D eigenvalue weighted by atomic mass is 9.68. The molecule has 0 spiro atoms. The summed E-state index contributed by atoms with van der Waals surface area (Å²) in [4.78, 5) is 5.22. The van der Waals surface area contributed by atoms with Crippen LogP contribution in [-0.2, 0) is 24.7 Å². The van der Waals surface area contributed by atoms with Crippen molar-refractivity contribution in [3.05, 3.63) is 216 Å². The van der Waals surface area contributed by atoms with E-state index in [9.17, 15) is 0 Å². The van der Waals surface area contributed by atoms with Gasteiger partial charge in [-0.2, -0.15) is 0 Å². The van der Waals surface area contributed by atoms with Gasteiger partial charge < -0.3 is 9.80 Å². The lowest BCUT2D eigenvalue weighted by molar-refractivity contribution is 0.475. The molecule has 0 saturated carbocycles. The zero-order chi connectivity index (χ0) is 44.3. The Morgan fingerprint density at radius 1 is 0.394 bits per heavy atom. The summed E-state index contributed by atoms with van der Waals surface area (Å²) in [5, 5.41) is 15.8. The second-order valence-electron chi connectivity index (χ2n) is 19.9. The standard InChI is InChI=1S/C64H52N2/c1-40(2)54-39-60(66(49-30-28-42-16-6-8-20-46(42)36-49)58-26-14-22-44-18-10-12-24-51(44)58)55-38-56-61-47(33-34-64(56,3)4)37-59(53-32-31-52(54)62(55)63(53)61)65(48-29-27-41-15-5-7-19-45(41)35-48)57-25-13-21-43-17-9-11-23-50(43)57/h5-30,35-40H,31-34H2,1-4H3. The first-order valence-electron chi connectivity index (χ1n) is 24.0. The third-order valence-corrected chi connectivity index (χ3v) is 15.3. The predicted molar refractivity (Wildman–Crippen MR) is 284 cm³/mol. The zero-order valence-electron chi connectivity index (χ0n) is 38.2. The Balaban J connectivity index is 1.18. The highest BCUT2D eigenvalue weighted by atomic mass is 15.2. The lowest BCUT2D eigenvalue weighted by Gasteiger charge is -2.39. The van der Waals surface area contributed by atoms with Crippen LogP contribution in [0, 0.1) is 0 Å². The van der Waals surface area contributed by atoms with E-state index in [1.54, 1.807) is 0 Å². The van der Waals surface area contributed by atoms with Gasteiger partial charge in [-0.1, -0.05) is 161 Å². The van der Waals surface area contributed by atoms with E-state index < -0.39 is 0 Å². The van der Waals surface area contributed by atoms with Gasteiger partial charge in [0.05, 0.1) is 22.7 Å². The van der Waals surface area contributed by atoms with Crippen molar-refractivity contribution in [3.63, 3.8) is 0 Å². The number of benzene rings is 11. The van der Waals surface area contributed by atoms with Crippen LogP contribution >= 0.6 is 0 Å². The summed E-state index contributed by atoms with van der Waals surface area (Å²) in [5.41, 5.74) is 14.7. The molecule has 0 saturated heterocycles. The lowest BCUT2D eigenvalue weighted by Crippen LogP contribution is -2.25. The van der Waals surface area contributed by atoms with Gasteiger partial charge in [0.1, 0.15) is 0 Å².